The third-order valence-corrected chi connectivity index (χ3v) is 3.98. The van der Waals surface area contributed by atoms with Crippen molar-refractivity contribution in [3.05, 3.63) is 29.6 Å². The summed E-state index contributed by atoms with van der Waals surface area (Å²) in [6.45, 7) is 4.61. The second-order valence-electron chi connectivity index (χ2n) is 4.32. The van der Waals surface area contributed by atoms with Gasteiger partial charge in [-0.15, -0.1) is 0 Å². The molecule has 0 saturated heterocycles. The third kappa shape index (κ3) is 3.98. The Kier molecular flexibility index (Phi) is 5.59. The van der Waals surface area contributed by atoms with Crippen molar-refractivity contribution in [2.24, 2.45) is 5.92 Å². The first-order chi connectivity index (χ1) is 8.45. The lowest BCUT2D eigenvalue weighted by atomic mass is 10.1. The molecule has 1 unspecified atom stereocenters. The maximum absolute atomic E-state index is 13.4. The van der Waals surface area contributed by atoms with Crippen LogP contribution in [0.1, 0.15) is 24.2 Å². The number of alkyl halides is 1. The van der Waals surface area contributed by atoms with Gasteiger partial charge in [0.15, 0.2) is 11.6 Å². The molecule has 0 bridgehead atoms. The lowest BCUT2D eigenvalue weighted by Gasteiger charge is -2.14. The van der Waals surface area contributed by atoms with Gasteiger partial charge in [-0.05, 0) is 24.1 Å². The average Bonchev–Trinajstić information content (AvgIpc) is 2.35. The van der Waals surface area contributed by atoms with E-state index in [2.05, 4.69) is 35.1 Å². The molecule has 1 aromatic carbocycles. The summed E-state index contributed by atoms with van der Waals surface area (Å²) in [4.78, 5) is 12.0. The molecular formula is C13H17BrFNO2. The van der Waals surface area contributed by atoms with E-state index in [-0.39, 0.29) is 22.0 Å². The van der Waals surface area contributed by atoms with Gasteiger partial charge in [-0.25, -0.2) is 4.39 Å². The number of hydrogen-bond acceptors (Lipinski definition) is 2. The predicted octanol–water partition coefficient (Wildman–Crippen LogP) is 2.98. The molecule has 1 N–H and O–H groups in total. The zero-order valence-electron chi connectivity index (χ0n) is 10.7. The van der Waals surface area contributed by atoms with Crippen molar-refractivity contribution < 1.29 is 13.9 Å². The van der Waals surface area contributed by atoms with Crippen LogP contribution < -0.4 is 10.1 Å². The summed E-state index contributed by atoms with van der Waals surface area (Å²) in [7, 11) is 1.39. The summed E-state index contributed by atoms with van der Waals surface area (Å²) in [5, 5.41) is 2.75. The molecule has 0 aliphatic carbocycles. The molecule has 18 heavy (non-hydrogen) atoms. The number of nitrogens with one attached hydrogen (secondary N) is 1. The van der Waals surface area contributed by atoms with Gasteiger partial charge in [0.05, 0.1) is 7.11 Å². The van der Waals surface area contributed by atoms with E-state index in [1.54, 1.807) is 0 Å². The van der Waals surface area contributed by atoms with Gasteiger partial charge in [0.1, 0.15) is 0 Å². The van der Waals surface area contributed by atoms with E-state index in [1.807, 2.05) is 0 Å². The first kappa shape index (κ1) is 15.0. The second kappa shape index (κ2) is 6.73. The summed E-state index contributed by atoms with van der Waals surface area (Å²) >= 11 is 3.47. The number of amides is 1. The molecule has 0 saturated carbocycles. The van der Waals surface area contributed by atoms with E-state index in [9.17, 15) is 9.18 Å². The van der Waals surface area contributed by atoms with Crippen LogP contribution in [0.3, 0.4) is 0 Å². The number of methoxy groups -OCH3 is 1. The van der Waals surface area contributed by atoms with Gasteiger partial charge in [-0.2, -0.15) is 0 Å². The van der Waals surface area contributed by atoms with E-state index < -0.39 is 5.82 Å². The maximum Gasteiger partial charge on any atom is 0.251 e. The van der Waals surface area contributed by atoms with Crippen LogP contribution in [0.2, 0.25) is 0 Å². The molecule has 0 aromatic heterocycles. The van der Waals surface area contributed by atoms with Gasteiger partial charge in [-0.1, -0.05) is 29.8 Å². The first-order valence-corrected chi connectivity index (χ1v) is 6.63. The average molecular weight is 318 g/mol. The zero-order chi connectivity index (χ0) is 13.7. The second-order valence-corrected chi connectivity index (χ2v) is 5.50. The molecule has 0 aliphatic heterocycles. The smallest absolute Gasteiger partial charge is 0.251 e. The summed E-state index contributed by atoms with van der Waals surface area (Å²) in [5.41, 5.74) is 0.289. The number of rotatable bonds is 5. The Morgan fingerprint density at radius 2 is 2.17 bits per heavy atom. The topological polar surface area (TPSA) is 38.3 Å². The van der Waals surface area contributed by atoms with Gasteiger partial charge in [0.2, 0.25) is 0 Å². The fourth-order valence-electron chi connectivity index (χ4n) is 1.34. The summed E-state index contributed by atoms with van der Waals surface area (Å²) < 4.78 is 18.2. The highest BCUT2D eigenvalue weighted by molar-refractivity contribution is 9.09. The van der Waals surface area contributed by atoms with Crippen LogP contribution in [0.25, 0.3) is 0 Å². The molecule has 0 fully saturated rings. The Hall–Kier alpha value is -1.10. The van der Waals surface area contributed by atoms with E-state index in [1.165, 1.54) is 25.3 Å². The summed E-state index contributed by atoms with van der Waals surface area (Å²) in [6.07, 6.45) is 0. The van der Waals surface area contributed by atoms with Crippen molar-refractivity contribution in [3.63, 3.8) is 0 Å². The van der Waals surface area contributed by atoms with Crippen molar-refractivity contribution in [1.82, 2.24) is 5.32 Å². The largest absolute Gasteiger partial charge is 0.494 e. The van der Waals surface area contributed by atoms with Gasteiger partial charge in [-0.3, -0.25) is 4.79 Å². The van der Waals surface area contributed by atoms with E-state index in [0.29, 0.717) is 12.5 Å². The molecule has 1 rings (SSSR count). The Morgan fingerprint density at radius 1 is 1.50 bits per heavy atom. The quantitative estimate of drug-likeness (QED) is 0.848. The van der Waals surface area contributed by atoms with Crippen LogP contribution in [0.5, 0.6) is 5.75 Å². The standard InChI is InChI=1S/C13H17BrFNO2/c1-8(2)10(14)7-16-13(17)9-4-5-12(18-3)11(15)6-9/h4-6,8,10H,7H2,1-3H3,(H,16,17). The van der Waals surface area contributed by atoms with Crippen molar-refractivity contribution in [1.29, 1.82) is 0 Å². The van der Waals surface area contributed by atoms with Crippen LogP contribution in [-0.4, -0.2) is 24.4 Å². The molecule has 100 valence electrons. The highest BCUT2D eigenvalue weighted by Gasteiger charge is 2.13. The maximum atomic E-state index is 13.4. The number of hydrogen-bond donors (Lipinski definition) is 1. The Labute approximate surface area is 115 Å². The molecule has 0 radical (unpaired) electrons. The Balaban J connectivity index is 2.65. The number of carbonyl (C=O) groups is 1. The highest BCUT2D eigenvalue weighted by atomic mass is 79.9. The predicted molar refractivity (Wildman–Crippen MR) is 72.8 cm³/mol. The number of ether oxygens (including phenoxy) is 1. The van der Waals surface area contributed by atoms with Gasteiger partial charge in [0.25, 0.3) is 5.91 Å². The van der Waals surface area contributed by atoms with E-state index >= 15 is 0 Å². The highest BCUT2D eigenvalue weighted by Crippen LogP contribution is 2.17. The monoisotopic (exact) mass is 317 g/mol. The summed E-state index contributed by atoms with van der Waals surface area (Å²) in [6, 6.07) is 4.15. The van der Waals surface area contributed by atoms with Crippen LogP contribution in [0, 0.1) is 11.7 Å². The molecule has 1 aromatic rings. The molecule has 0 spiro atoms. The molecule has 1 amide bonds. The summed E-state index contributed by atoms with van der Waals surface area (Å²) in [5.74, 6) is -0.281. The van der Waals surface area contributed by atoms with Gasteiger partial charge < -0.3 is 10.1 Å². The van der Waals surface area contributed by atoms with Gasteiger partial charge in [0, 0.05) is 16.9 Å². The van der Waals surface area contributed by atoms with Crippen molar-refractivity contribution in [2.75, 3.05) is 13.7 Å². The molecule has 0 aliphatic rings. The number of carbonyl (C=O) groups excluding carboxylic acids is 1. The number of halogens is 2. The minimum Gasteiger partial charge on any atom is -0.494 e. The fourth-order valence-corrected chi connectivity index (χ4v) is 1.50. The van der Waals surface area contributed by atoms with Gasteiger partial charge >= 0.3 is 0 Å². The minimum absolute atomic E-state index is 0.132. The van der Waals surface area contributed by atoms with Crippen LogP contribution in [-0.2, 0) is 0 Å². The molecule has 5 heteroatoms. The zero-order valence-corrected chi connectivity index (χ0v) is 12.3. The van der Waals surface area contributed by atoms with E-state index in [4.69, 9.17) is 4.74 Å². The Morgan fingerprint density at radius 3 is 2.67 bits per heavy atom. The van der Waals surface area contributed by atoms with Crippen molar-refractivity contribution >= 4 is 21.8 Å². The SMILES string of the molecule is COc1ccc(C(=O)NCC(Br)C(C)C)cc1F. The molecule has 1 atom stereocenters. The third-order valence-electron chi connectivity index (χ3n) is 2.59. The van der Waals surface area contributed by atoms with Crippen LogP contribution in [0.4, 0.5) is 4.39 Å². The Bertz CT molecular complexity index is 423. The van der Waals surface area contributed by atoms with E-state index in [0.717, 1.165) is 0 Å². The molecular weight excluding hydrogens is 301 g/mol. The normalized spacial score (nSPS) is 12.3. The lowest BCUT2D eigenvalue weighted by Crippen LogP contribution is -2.31. The first-order valence-electron chi connectivity index (χ1n) is 5.71. The van der Waals surface area contributed by atoms with Crippen molar-refractivity contribution in [2.45, 2.75) is 18.7 Å². The molecule has 3 nitrogen and oxygen atoms in total. The van der Waals surface area contributed by atoms with Crippen LogP contribution in [0.15, 0.2) is 18.2 Å². The number of benzene rings is 1. The lowest BCUT2D eigenvalue weighted by molar-refractivity contribution is 0.0952. The molecule has 0 heterocycles. The van der Waals surface area contributed by atoms with Crippen LogP contribution >= 0.6 is 15.9 Å². The van der Waals surface area contributed by atoms with Crippen molar-refractivity contribution in [3.8, 4) is 5.75 Å². The minimum atomic E-state index is -0.538. The fraction of sp³-hybridized carbons (Fsp3) is 0.462.